The molecule has 1 N–H and O–H groups in total. The first-order valence-corrected chi connectivity index (χ1v) is 11.4. The molecule has 0 aromatic carbocycles. The van der Waals surface area contributed by atoms with Gasteiger partial charge in [-0.2, -0.15) is 0 Å². The molecule has 1 atom stereocenters. The number of nitrogens with zero attached hydrogens (tertiary/aromatic N) is 4. The van der Waals surface area contributed by atoms with Crippen molar-refractivity contribution in [3.63, 3.8) is 0 Å². The Morgan fingerprint density at radius 1 is 1.16 bits per heavy atom. The number of rotatable bonds is 4. The van der Waals surface area contributed by atoms with Gasteiger partial charge < -0.3 is 5.32 Å². The maximum Gasteiger partial charge on any atom is 0.248 e. The number of fused-ring (bicyclic) bond motifs is 2. The molecule has 1 fully saturated rings. The Labute approximate surface area is 189 Å². The van der Waals surface area contributed by atoms with Gasteiger partial charge >= 0.3 is 0 Å². The summed E-state index contributed by atoms with van der Waals surface area (Å²) in [4.78, 5) is 18.6. The largest absolute Gasteiger partial charge is 0.351 e. The van der Waals surface area contributed by atoms with Crippen molar-refractivity contribution in [2.75, 3.05) is 5.32 Å². The van der Waals surface area contributed by atoms with Crippen molar-refractivity contribution in [2.45, 2.75) is 77.2 Å². The van der Waals surface area contributed by atoms with Crippen LogP contribution in [0, 0.1) is 5.92 Å². The van der Waals surface area contributed by atoms with Crippen molar-refractivity contribution in [3.05, 3.63) is 46.9 Å². The highest BCUT2D eigenvalue weighted by Crippen LogP contribution is 2.45. The van der Waals surface area contributed by atoms with Crippen LogP contribution in [0.15, 0.2) is 29.5 Å². The number of allylic oxidation sites excluding steroid dienone is 1. The normalized spacial score (nSPS) is 24.2. The molecule has 5 nitrogen and oxygen atoms in total. The minimum Gasteiger partial charge on any atom is -0.351 e. The molecule has 0 saturated heterocycles. The van der Waals surface area contributed by atoms with Gasteiger partial charge in [0, 0.05) is 66.9 Å². The lowest BCUT2D eigenvalue weighted by Gasteiger charge is -2.30. The van der Waals surface area contributed by atoms with Crippen molar-refractivity contribution < 1.29 is 10.2 Å². The minimum absolute atomic E-state index is 0. The van der Waals surface area contributed by atoms with Gasteiger partial charge in [-0.3, -0.25) is 0 Å². The summed E-state index contributed by atoms with van der Waals surface area (Å²) in [5.74, 6) is -0.784. The van der Waals surface area contributed by atoms with Crippen LogP contribution < -0.4 is 5.32 Å². The zero-order chi connectivity index (χ0) is 22.7. The van der Waals surface area contributed by atoms with E-state index in [9.17, 15) is 8.78 Å². The van der Waals surface area contributed by atoms with Crippen molar-refractivity contribution in [2.24, 2.45) is 10.9 Å². The molecular formula is C25H31F2N5. The van der Waals surface area contributed by atoms with Gasteiger partial charge in [-0.15, -0.1) is 0 Å². The zero-order valence-electron chi connectivity index (χ0n) is 19.0. The van der Waals surface area contributed by atoms with E-state index in [0.29, 0.717) is 24.7 Å². The van der Waals surface area contributed by atoms with Crippen molar-refractivity contribution in [3.8, 4) is 0 Å². The fourth-order valence-electron chi connectivity index (χ4n) is 5.09. The summed E-state index contributed by atoms with van der Waals surface area (Å²) in [6.45, 7) is 8.77. The molecule has 3 heterocycles. The molecular weight excluding hydrogens is 408 g/mol. The number of pyridine rings is 1. The molecule has 3 aliphatic rings. The Balaban J connectivity index is 0.00000259. The van der Waals surface area contributed by atoms with E-state index in [0.717, 1.165) is 40.3 Å². The second-order valence-electron chi connectivity index (χ2n) is 9.80. The smallest absolute Gasteiger partial charge is 0.248 e. The van der Waals surface area contributed by atoms with Crippen LogP contribution in [0.4, 0.5) is 20.5 Å². The molecule has 2 aromatic heterocycles. The number of anilines is 1. The number of aliphatic imine (C=N–C) groups is 1. The first kappa shape index (κ1) is 21.2. The standard InChI is InChI=1S/C25H29F2N5.H2/c1-14(2)24(4)15(3)30-22-20(24)11-16(12-28-22)18-5-6-21-19(18)13-29-23(32-21)31-17-7-9-25(26,27)10-8-17;/h5,11-14,17H,6-10H2,1-4H3,(H,29,31,32);1H. The lowest BCUT2D eigenvalue weighted by molar-refractivity contribution is -0.0361. The van der Waals surface area contributed by atoms with E-state index in [1.54, 1.807) is 0 Å². The van der Waals surface area contributed by atoms with Gasteiger partial charge in [-0.1, -0.05) is 19.9 Å². The summed E-state index contributed by atoms with van der Waals surface area (Å²) in [6, 6.07) is 2.22. The van der Waals surface area contributed by atoms with Crippen molar-refractivity contribution >= 4 is 23.1 Å². The Morgan fingerprint density at radius 3 is 2.62 bits per heavy atom. The van der Waals surface area contributed by atoms with E-state index in [-0.39, 0.29) is 25.7 Å². The van der Waals surface area contributed by atoms with Gasteiger partial charge in [0.1, 0.15) is 0 Å². The molecule has 1 saturated carbocycles. The third kappa shape index (κ3) is 3.42. The van der Waals surface area contributed by atoms with E-state index >= 15 is 0 Å². The van der Waals surface area contributed by atoms with E-state index < -0.39 is 5.92 Å². The number of nitrogens with one attached hydrogen (secondary N) is 1. The highest BCUT2D eigenvalue weighted by molar-refractivity contribution is 6.00. The Bertz CT molecular complexity index is 1130. The first-order valence-electron chi connectivity index (χ1n) is 11.4. The van der Waals surface area contributed by atoms with E-state index in [1.807, 2.05) is 12.4 Å². The Morgan fingerprint density at radius 2 is 1.91 bits per heavy atom. The summed E-state index contributed by atoms with van der Waals surface area (Å²) < 4.78 is 26.8. The molecule has 5 rings (SSSR count). The molecule has 0 radical (unpaired) electrons. The Hall–Kier alpha value is -2.70. The molecule has 32 heavy (non-hydrogen) atoms. The highest BCUT2D eigenvalue weighted by Gasteiger charge is 2.41. The molecule has 1 unspecified atom stereocenters. The fourth-order valence-corrected chi connectivity index (χ4v) is 5.09. The number of halogens is 2. The second kappa shape index (κ2) is 7.42. The monoisotopic (exact) mass is 439 g/mol. The molecule has 7 heteroatoms. The highest BCUT2D eigenvalue weighted by atomic mass is 19.3. The number of hydrogen-bond donors (Lipinski definition) is 1. The average Bonchev–Trinajstić information content (AvgIpc) is 3.28. The lowest BCUT2D eigenvalue weighted by atomic mass is 9.71. The molecule has 0 spiro atoms. The first-order chi connectivity index (χ1) is 15.2. The molecule has 0 bridgehead atoms. The maximum atomic E-state index is 13.4. The molecule has 0 amide bonds. The van der Waals surface area contributed by atoms with Crippen LogP contribution in [-0.2, 0) is 11.8 Å². The predicted molar refractivity (Wildman–Crippen MR) is 125 cm³/mol. The maximum absolute atomic E-state index is 13.4. The SMILES string of the molecule is CC1=Nc2ncc(C3=CCc4nc(NC5CCC(F)(F)CC5)ncc43)cc2C1(C)C(C)C.[HH]. The number of hydrogen-bond acceptors (Lipinski definition) is 5. The molecule has 170 valence electrons. The van der Waals surface area contributed by atoms with Crippen LogP contribution >= 0.6 is 0 Å². The lowest BCUT2D eigenvalue weighted by Crippen LogP contribution is -2.33. The number of alkyl halides is 2. The average molecular weight is 440 g/mol. The summed E-state index contributed by atoms with van der Waals surface area (Å²) >= 11 is 0. The Kier molecular flexibility index (Phi) is 4.91. The molecule has 2 aliphatic carbocycles. The minimum atomic E-state index is -2.53. The van der Waals surface area contributed by atoms with Crippen molar-refractivity contribution in [1.82, 2.24) is 15.0 Å². The summed E-state index contributed by atoms with van der Waals surface area (Å²) in [5, 5.41) is 3.26. The van der Waals surface area contributed by atoms with Crippen LogP contribution in [0.1, 0.15) is 77.2 Å². The van der Waals surface area contributed by atoms with E-state index in [4.69, 9.17) is 9.98 Å². The van der Waals surface area contributed by atoms with Gasteiger partial charge in [0.25, 0.3) is 0 Å². The van der Waals surface area contributed by atoms with E-state index in [2.05, 4.69) is 55.1 Å². The third-order valence-electron chi connectivity index (χ3n) is 7.62. The zero-order valence-corrected chi connectivity index (χ0v) is 19.0. The third-order valence-corrected chi connectivity index (χ3v) is 7.62. The molecule has 2 aromatic rings. The predicted octanol–water partition coefficient (Wildman–Crippen LogP) is 6.11. The fraction of sp³-hybridized carbons (Fsp3) is 0.520. The van der Waals surface area contributed by atoms with Gasteiger partial charge in [-0.05, 0) is 44.2 Å². The van der Waals surface area contributed by atoms with E-state index in [1.165, 1.54) is 5.56 Å². The summed E-state index contributed by atoms with van der Waals surface area (Å²) in [6.07, 6.45) is 7.34. The summed E-state index contributed by atoms with van der Waals surface area (Å²) in [5.41, 5.74) is 6.26. The van der Waals surface area contributed by atoms with Crippen LogP contribution in [0.25, 0.3) is 5.57 Å². The quantitative estimate of drug-likeness (QED) is 0.624. The topological polar surface area (TPSA) is 63.1 Å². The van der Waals surface area contributed by atoms with Crippen LogP contribution in [0.3, 0.4) is 0 Å². The van der Waals surface area contributed by atoms with Crippen LogP contribution in [0.2, 0.25) is 0 Å². The van der Waals surface area contributed by atoms with Gasteiger partial charge in [0.05, 0.1) is 5.69 Å². The summed E-state index contributed by atoms with van der Waals surface area (Å²) in [7, 11) is 0. The van der Waals surface area contributed by atoms with Crippen molar-refractivity contribution in [1.29, 1.82) is 0 Å². The number of aromatic nitrogens is 3. The van der Waals surface area contributed by atoms with Gasteiger partial charge in [0.15, 0.2) is 5.82 Å². The molecule has 1 aliphatic heterocycles. The second-order valence-corrected chi connectivity index (χ2v) is 9.80. The van der Waals surface area contributed by atoms with Crippen LogP contribution in [-0.4, -0.2) is 32.6 Å². The van der Waals surface area contributed by atoms with Gasteiger partial charge in [-0.25, -0.2) is 28.7 Å². The van der Waals surface area contributed by atoms with Gasteiger partial charge in [0.2, 0.25) is 11.9 Å². The van der Waals surface area contributed by atoms with Crippen LogP contribution in [0.5, 0.6) is 0 Å².